The van der Waals surface area contributed by atoms with Crippen molar-refractivity contribution < 1.29 is 18.3 Å². The lowest BCUT2D eigenvalue weighted by Crippen LogP contribution is -2.45. The topological polar surface area (TPSA) is 74.7 Å². The molecule has 0 aromatic heterocycles. The van der Waals surface area contributed by atoms with Crippen LogP contribution in [0.15, 0.2) is 0 Å². The minimum Gasteiger partial charge on any atom is -0.481 e. The second-order valence-corrected chi connectivity index (χ2v) is 8.04. The van der Waals surface area contributed by atoms with Crippen LogP contribution >= 0.6 is 0 Å². The van der Waals surface area contributed by atoms with Crippen molar-refractivity contribution in [1.29, 1.82) is 0 Å². The SMILES string of the molecule is CC1CC(C(=O)O)CCN1CCS(=O)(=O)C(C)C. The first kappa shape index (κ1) is 15.4. The molecule has 1 N–H and O–H groups in total. The fourth-order valence-electron chi connectivity index (χ4n) is 2.26. The largest absolute Gasteiger partial charge is 0.481 e. The Hall–Kier alpha value is -0.620. The molecule has 1 fully saturated rings. The van der Waals surface area contributed by atoms with E-state index < -0.39 is 15.8 Å². The maximum atomic E-state index is 11.7. The van der Waals surface area contributed by atoms with Crippen molar-refractivity contribution in [1.82, 2.24) is 4.90 Å². The Morgan fingerprint density at radius 1 is 1.44 bits per heavy atom. The Bertz CT molecular complexity index is 391. The standard InChI is InChI=1S/C12H23NO4S/c1-9(2)18(16,17)7-6-13-5-4-11(12(14)15)8-10(13)3/h9-11H,4-8H2,1-3H3,(H,14,15). The lowest BCUT2D eigenvalue weighted by Gasteiger charge is -2.36. The van der Waals surface area contributed by atoms with Crippen molar-refractivity contribution in [2.75, 3.05) is 18.8 Å². The number of carboxylic acids is 1. The molecule has 0 spiro atoms. The number of likely N-dealkylation sites (tertiary alicyclic amines) is 1. The zero-order valence-corrected chi connectivity index (χ0v) is 12.1. The zero-order chi connectivity index (χ0) is 13.9. The van der Waals surface area contributed by atoms with E-state index in [4.69, 9.17) is 5.11 Å². The van der Waals surface area contributed by atoms with Crippen LogP contribution in [-0.2, 0) is 14.6 Å². The summed E-state index contributed by atoms with van der Waals surface area (Å²) >= 11 is 0. The monoisotopic (exact) mass is 277 g/mol. The van der Waals surface area contributed by atoms with Gasteiger partial charge >= 0.3 is 5.97 Å². The number of hydrogen-bond donors (Lipinski definition) is 1. The molecule has 0 aromatic rings. The van der Waals surface area contributed by atoms with Gasteiger partial charge in [0.05, 0.1) is 16.9 Å². The van der Waals surface area contributed by atoms with Crippen LogP contribution < -0.4 is 0 Å². The number of hydrogen-bond acceptors (Lipinski definition) is 4. The van der Waals surface area contributed by atoms with Crippen LogP contribution in [0.5, 0.6) is 0 Å². The highest BCUT2D eigenvalue weighted by atomic mass is 32.2. The first-order valence-corrected chi connectivity index (χ1v) is 8.14. The highest BCUT2D eigenvalue weighted by molar-refractivity contribution is 7.92. The molecule has 0 radical (unpaired) electrons. The predicted octanol–water partition coefficient (Wildman–Crippen LogP) is 0.995. The van der Waals surface area contributed by atoms with Gasteiger partial charge in [0.2, 0.25) is 0 Å². The minimum absolute atomic E-state index is 0.141. The van der Waals surface area contributed by atoms with Gasteiger partial charge in [-0.15, -0.1) is 0 Å². The lowest BCUT2D eigenvalue weighted by molar-refractivity contribution is -0.144. The third-order valence-electron chi connectivity index (χ3n) is 3.74. The molecule has 18 heavy (non-hydrogen) atoms. The van der Waals surface area contributed by atoms with Gasteiger partial charge in [0.25, 0.3) is 0 Å². The summed E-state index contributed by atoms with van der Waals surface area (Å²) in [5, 5.41) is 8.62. The summed E-state index contributed by atoms with van der Waals surface area (Å²) in [4.78, 5) is 13.0. The van der Waals surface area contributed by atoms with Crippen LogP contribution in [0.3, 0.4) is 0 Å². The van der Waals surface area contributed by atoms with Crippen molar-refractivity contribution >= 4 is 15.8 Å². The number of carboxylic acid groups (broad SMARTS) is 1. The van der Waals surface area contributed by atoms with Gasteiger partial charge in [-0.2, -0.15) is 0 Å². The van der Waals surface area contributed by atoms with Crippen LogP contribution in [0, 0.1) is 5.92 Å². The van der Waals surface area contributed by atoms with E-state index in [0.717, 1.165) is 0 Å². The fourth-order valence-corrected chi connectivity index (χ4v) is 3.22. The van der Waals surface area contributed by atoms with E-state index in [1.807, 2.05) is 6.92 Å². The molecule has 0 amide bonds. The number of piperidine rings is 1. The summed E-state index contributed by atoms with van der Waals surface area (Å²) in [6, 6.07) is 0.141. The number of rotatable bonds is 5. The molecular weight excluding hydrogens is 254 g/mol. The second-order valence-electron chi connectivity index (χ2n) is 5.36. The summed E-state index contributed by atoms with van der Waals surface area (Å²) in [5.74, 6) is -0.860. The highest BCUT2D eigenvalue weighted by Crippen LogP contribution is 2.22. The van der Waals surface area contributed by atoms with Crippen LogP contribution in [0.2, 0.25) is 0 Å². The van der Waals surface area contributed by atoms with E-state index in [0.29, 0.717) is 25.9 Å². The molecule has 1 aliphatic rings. The van der Waals surface area contributed by atoms with Gasteiger partial charge in [-0.1, -0.05) is 0 Å². The van der Waals surface area contributed by atoms with Crippen molar-refractivity contribution in [2.24, 2.45) is 5.92 Å². The number of sulfone groups is 1. The molecule has 0 saturated carbocycles. The van der Waals surface area contributed by atoms with Crippen LogP contribution in [0.1, 0.15) is 33.6 Å². The molecular formula is C12H23NO4S. The van der Waals surface area contributed by atoms with Crippen molar-refractivity contribution in [3.05, 3.63) is 0 Å². The number of nitrogens with zero attached hydrogens (tertiary/aromatic N) is 1. The van der Waals surface area contributed by atoms with Gasteiger partial charge in [0.15, 0.2) is 9.84 Å². The Morgan fingerprint density at radius 3 is 2.50 bits per heavy atom. The van der Waals surface area contributed by atoms with Gasteiger partial charge in [0, 0.05) is 12.6 Å². The summed E-state index contributed by atoms with van der Waals surface area (Å²) in [6.07, 6.45) is 1.22. The average molecular weight is 277 g/mol. The molecule has 106 valence electrons. The van der Waals surface area contributed by atoms with E-state index in [1.54, 1.807) is 13.8 Å². The maximum Gasteiger partial charge on any atom is 0.306 e. The van der Waals surface area contributed by atoms with Crippen molar-refractivity contribution in [2.45, 2.75) is 44.9 Å². The summed E-state index contributed by atoms with van der Waals surface area (Å²) in [5.41, 5.74) is 0. The first-order valence-electron chi connectivity index (χ1n) is 6.42. The van der Waals surface area contributed by atoms with E-state index in [-0.39, 0.29) is 23.0 Å². The molecule has 2 unspecified atom stereocenters. The predicted molar refractivity (Wildman–Crippen MR) is 70.3 cm³/mol. The van der Waals surface area contributed by atoms with Gasteiger partial charge < -0.3 is 5.11 Å². The molecule has 5 nitrogen and oxygen atoms in total. The zero-order valence-electron chi connectivity index (χ0n) is 11.3. The van der Waals surface area contributed by atoms with Crippen LogP contribution in [-0.4, -0.2) is 54.5 Å². The summed E-state index contributed by atoms with van der Waals surface area (Å²) in [6.45, 7) is 6.53. The van der Waals surface area contributed by atoms with Gasteiger partial charge in [-0.05, 0) is 40.2 Å². The average Bonchev–Trinajstić information content (AvgIpc) is 2.26. The fraction of sp³-hybridized carbons (Fsp3) is 0.917. The maximum absolute atomic E-state index is 11.7. The van der Waals surface area contributed by atoms with Gasteiger partial charge in [-0.25, -0.2) is 8.42 Å². The summed E-state index contributed by atoms with van der Waals surface area (Å²) < 4.78 is 23.5. The molecule has 0 bridgehead atoms. The smallest absolute Gasteiger partial charge is 0.306 e. The Morgan fingerprint density at radius 2 is 2.06 bits per heavy atom. The van der Waals surface area contributed by atoms with E-state index in [1.165, 1.54) is 0 Å². The lowest BCUT2D eigenvalue weighted by atomic mass is 9.92. The third kappa shape index (κ3) is 3.95. The molecule has 1 saturated heterocycles. The highest BCUT2D eigenvalue weighted by Gasteiger charge is 2.30. The molecule has 1 aliphatic heterocycles. The van der Waals surface area contributed by atoms with E-state index in [9.17, 15) is 13.2 Å². The first-order chi connectivity index (χ1) is 8.24. The van der Waals surface area contributed by atoms with Gasteiger partial charge in [0.1, 0.15) is 0 Å². The quantitative estimate of drug-likeness (QED) is 0.811. The Kier molecular flexibility index (Phi) is 5.16. The molecule has 2 atom stereocenters. The molecule has 0 aromatic carbocycles. The van der Waals surface area contributed by atoms with E-state index in [2.05, 4.69) is 4.90 Å². The van der Waals surface area contributed by atoms with Crippen LogP contribution in [0.25, 0.3) is 0 Å². The van der Waals surface area contributed by atoms with Gasteiger partial charge in [-0.3, -0.25) is 9.69 Å². The van der Waals surface area contributed by atoms with E-state index >= 15 is 0 Å². The second kappa shape index (κ2) is 6.02. The molecule has 1 rings (SSSR count). The van der Waals surface area contributed by atoms with Crippen molar-refractivity contribution in [3.8, 4) is 0 Å². The molecule has 1 heterocycles. The number of carbonyl (C=O) groups is 1. The molecule has 0 aliphatic carbocycles. The van der Waals surface area contributed by atoms with Crippen LogP contribution in [0.4, 0.5) is 0 Å². The minimum atomic E-state index is -3.01. The van der Waals surface area contributed by atoms with Crippen molar-refractivity contribution in [3.63, 3.8) is 0 Å². The summed E-state index contributed by atoms with van der Waals surface area (Å²) in [7, 11) is -3.01. The molecule has 6 heteroatoms. The number of aliphatic carboxylic acids is 1. The Balaban J connectivity index is 2.49. The third-order valence-corrected chi connectivity index (χ3v) is 5.93. The normalized spacial score (nSPS) is 26.4. The Labute approximate surface area is 109 Å².